The number of anilines is 1. The second-order valence-corrected chi connectivity index (χ2v) is 6.15. The van der Waals surface area contributed by atoms with E-state index in [4.69, 9.17) is 10.00 Å². The lowest BCUT2D eigenvalue weighted by Crippen LogP contribution is -2.35. The molecule has 8 nitrogen and oxygen atoms in total. The molecule has 0 unspecified atom stereocenters. The predicted octanol–water partition coefficient (Wildman–Crippen LogP) is 3.32. The molecule has 0 bridgehead atoms. The van der Waals surface area contributed by atoms with Gasteiger partial charge in [0.25, 0.3) is 11.6 Å². The Bertz CT molecular complexity index is 929. The number of nitrogens with zero attached hydrogens (tertiary/aromatic N) is 3. The standard InChI is InChI=1S/C20H19N3O5/c1-14-10-15(2)12-16(11-14)22(9-5-8-21)19(24)13-28-20(25)17-6-3-4-7-18(17)23(26)27/h3-4,6-7,10-12H,5,9,13H2,1-2H3. The Balaban J connectivity index is 2.17. The zero-order valence-electron chi connectivity index (χ0n) is 15.5. The van der Waals surface area contributed by atoms with Crippen LogP contribution in [0.3, 0.4) is 0 Å². The third-order valence-corrected chi connectivity index (χ3v) is 3.91. The van der Waals surface area contributed by atoms with Crippen LogP contribution in [0.4, 0.5) is 11.4 Å². The Kier molecular flexibility index (Phi) is 6.82. The fraction of sp³-hybridized carbons (Fsp3) is 0.250. The molecular weight excluding hydrogens is 362 g/mol. The van der Waals surface area contributed by atoms with Gasteiger partial charge in [0.2, 0.25) is 0 Å². The summed E-state index contributed by atoms with van der Waals surface area (Å²) in [5.74, 6) is -1.48. The first-order chi connectivity index (χ1) is 13.3. The second-order valence-electron chi connectivity index (χ2n) is 6.15. The molecule has 0 aliphatic rings. The van der Waals surface area contributed by atoms with Crippen molar-refractivity contribution in [3.05, 3.63) is 69.3 Å². The molecule has 2 aromatic rings. The molecular formula is C20H19N3O5. The smallest absolute Gasteiger partial charge is 0.345 e. The Morgan fingerprint density at radius 2 is 1.82 bits per heavy atom. The van der Waals surface area contributed by atoms with Crippen LogP contribution < -0.4 is 4.90 Å². The monoisotopic (exact) mass is 381 g/mol. The van der Waals surface area contributed by atoms with Crippen molar-refractivity contribution in [1.82, 2.24) is 0 Å². The van der Waals surface area contributed by atoms with Crippen molar-refractivity contribution in [2.24, 2.45) is 0 Å². The molecule has 144 valence electrons. The minimum absolute atomic E-state index is 0.108. The van der Waals surface area contributed by atoms with Gasteiger partial charge in [-0.2, -0.15) is 5.26 Å². The van der Waals surface area contributed by atoms with Gasteiger partial charge in [-0.1, -0.05) is 18.2 Å². The summed E-state index contributed by atoms with van der Waals surface area (Å²) in [6.07, 6.45) is 0.108. The number of carbonyl (C=O) groups excluding carboxylic acids is 2. The first kappa shape index (κ1) is 20.6. The summed E-state index contributed by atoms with van der Waals surface area (Å²) in [4.78, 5) is 36.6. The van der Waals surface area contributed by atoms with E-state index in [0.29, 0.717) is 5.69 Å². The molecule has 0 aliphatic carbocycles. The molecule has 0 saturated carbocycles. The predicted molar refractivity (Wildman–Crippen MR) is 102 cm³/mol. The van der Waals surface area contributed by atoms with E-state index in [2.05, 4.69) is 0 Å². The summed E-state index contributed by atoms with van der Waals surface area (Å²) in [5, 5.41) is 19.9. The van der Waals surface area contributed by atoms with Crippen molar-refractivity contribution in [3.8, 4) is 6.07 Å². The molecule has 1 amide bonds. The highest BCUT2D eigenvalue weighted by atomic mass is 16.6. The summed E-state index contributed by atoms with van der Waals surface area (Å²) in [7, 11) is 0. The van der Waals surface area contributed by atoms with Gasteiger partial charge in [0.05, 0.1) is 17.4 Å². The van der Waals surface area contributed by atoms with Crippen LogP contribution in [0.15, 0.2) is 42.5 Å². The number of benzene rings is 2. The fourth-order valence-corrected chi connectivity index (χ4v) is 2.75. The van der Waals surface area contributed by atoms with Crippen LogP contribution >= 0.6 is 0 Å². The van der Waals surface area contributed by atoms with Crippen molar-refractivity contribution < 1.29 is 19.2 Å². The zero-order valence-corrected chi connectivity index (χ0v) is 15.5. The van der Waals surface area contributed by atoms with Crippen molar-refractivity contribution in [2.75, 3.05) is 18.1 Å². The summed E-state index contributed by atoms with van der Waals surface area (Å²) >= 11 is 0. The fourth-order valence-electron chi connectivity index (χ4n) is 2.75. The van der Waals surface area contributed by atoms with Gasteiger partial charge in [0.1, 0.15) is 5.56 Å². The molecule has 2 aromatic carbocycles. The maximum atomic E-state index is 12.6. The van der Waals surface area contributed by atoms with Gasteiger partial charge in [-0.05, 0) is 43.2 Å². The number of rotatable bonds is 7. The Labute approximate surface area is 162 Å². The topological polar surface area (TPSA) is 114 Å². The lowest BCUT2D eigenvalue weighted by molar-refractivity contribution is -0.385. The Hall–Kier alpha value is -3.73. The maximum absolute atomic E-state index is 12.6. The lowest BCUT2D eigenvalue weighted by Gasteiger charge is -2.22. The van der Waals surface area contributed by atoms with E-state index in [-0.39, 0.29) is 18.5 Å². The quantitative estimate of drug-likeness (QED) is 0.413. The van der Waals surface area contributed by atoms with Gasteiger partial charge in [0, 0.05) is 18.3 Å². The molecule has 0 atom stereocenters. The van der Waals surface area contributed by atoms with E-state index >= 15 is 0 Å². The molecule has 2 rings (SSSR count). The van der Waals surface area contributed by atoms with E-state index in [1.165, 1.54) is 29.2 Å². The summed E-state index contributed by atoms with van der Waals surface area (Å²) in [6.45, 7) is 3.32. The van der Waals surface area contributed by atoms with E-state index in [1.807, 2.05) is 26.0 Å². The van der Waals surface area contributed by atoms with Crippen molar-refractivity contribution in [1.29, 1.82) is 5.26 Å². The number of nitro groups is 1. The first-order valence-electron chi connectivity index (χ1n) is 8.49. The summed E-state index contributed by atoms with van der Waals surface area (Å²) < 4.78 is 5.01. The minimum Gasteiger partial charge on any atom is -0.452 e. The number of esters is 1. The average molecular weight is 381 g/mol. The highest BCUT2D eigenvalue weighted by Gasteiger charge is 2.23. The van der Waals surface area contributed by atoms with Crippen LogP contribution in [0.5, 0.6) is 0 Å². The van der Waals surface area contributed by atoms with Gasteiger partial charge in [-0.15, -0.1) is 0 Å². The van der Waals surface area contributed by atoms with Crippen LogP contribution in [0.2, 0.25) is 0 Å². The molecule has 0 aromatic heterocycles. The van der Waals surface area contributed by atoms with Gasteiger partial charge < -0.3 is 9.64 Å². The second kappa shape index (κ2) is 9.28. The highest BCUT2D eigenvalue weighted by molar-refractivity contribution is 5.98. The molecule has 0 saturated heterocycles. The van der Waals surface area contributed by atoms with Gasteiger partial charge in [-0.3, -0.25) is 14.9 Å². The number of carbonyl (C=O) groups is 2. The number of para-hydroxylation sites is 1. The number of aryl methyl sites for hydroxylation is 2. The molecule has 0 aliphatic heterocycles. The van der Waals surface area contributed by atoms with Crippen LogP contribution in [-0.4, -0.2) is 30.0 Å². The van der Waals surface area contributed by atoms with Crippen LogP contribution in [0, 0.1) is 35.3 Å². The number of nitro benzene ring substituents is 1. The Morgan fingerprint density at radius 1 is 1.18 bits per heavy atom. The number of ether oxygens (including phenoxy) is 1. The minimum atomic E-state index is -0.957. The van der Waals surface area contributed by atoms with Crippen molar-refractivity contribution >= 4 is 23.3 Å². The average Bonchev–Trinajstić information content (AvgIpc) is 2.65. The van der Waals surface area contributed by atoms with E-state index < -0.39 is 29.1 Å². The van der Waals surface area contributed by atoms with E-state index in [9.17, 15) is 19.7 Å². The summed E-state index contributed by atoms with van der Waals surface area (Å²) in [5.41, 5.74) is 1.87. The summed E-state index contributed by atoms with van der Waals surface area (Å²) in [6, 6.07) is 12.9. The van der Waals surface area contributed by atoms with Gasteiger partial charge in [0.15, 0.2) is 6.61 Å². The molecule has 0 N–H and O–H groups in total. The molecule has 0 radical (unpaired) electrons. The maximum Gasteiger partial charge on any atom is 0.345 e. The number of hydrogen-bond acceptors (Lipinski definition) is 6. The van der Waals surface area contributed by atoms with Crippen molar-refractivity contribution in [2.45, 2.75) is 20.3 Å². The zero-order chi connectivity index (χ0) is 20.7. The SMILES string of the molecule is Cc1cc(C)cc(N(CCC#N)C(=O)COC(=O)c2ccccc2[N+](=O)[O-])c1. The Morgan fingerprint density at radius 3 is 2.43 bits per heavy atom. The molecule has 8 heteroatoms. The van der Waals surface area contributed by atoms with Crippen molar-refractivity contribution in [3.63, 3.8) is 0 Å². The van der Waals surface area contributed by atoms with Crippen LogP contribution in [0.25, 0.3) is 0 Å². The third-order valence-electron chi connectivity index (χ3n) is 3.91. The van der Waals surface area contributed by atoms with Crippen LogP contribution in [0.1, 0.15) is 27.9 Å². The number of nitriles is 1. The molecule has 0 spiro atoms. The van der Waals surface area contributed by atoms with Gasteiger partial charge in [-0.25, -0.2) is 4.79 Å². The highest BCUT2D eigenvalue weighted by Crippen LogP contribution is 2.21. The number of amides is 1. The normalized spacial score (nSPS) is 10.0. The largest absolute Gasteiger partial charge is 0.452 e. The lowest BCUT2D eigenvalue weighted by atomic mass is 10.1. The molecule has 0 fully saturated rings. The third kappa shape index (κ3) is 5.14. The van der Waals surface area contributed by atoms with E-state index in [0.717, 1.165) is 11.1 Å². The van der Waals surface area contributed by atoms with Crippen LogP contribution in [-0.2, 0) is 9.53 Å². The molecule has 28 heavy (non-hydrogen) atoms. The first-order valence-corrected chi connectivity index (χ1v) is 8.49. The van der Waals surface area contributed by atoms with E-state index in [1.54, 1.807) is 12.1 Å². The molecule has 0 heterocycles. The number of hydrogen-bond donors (Lipinski definition) is 0. The van der Waals surface area contributed by atoms with Gasteiger partial charge >= 0.3 is 5.97 Å².